The van der Waals surface area contributed by atoms with Crippen LogP contribution in [0.1, 0.15) is 20.8 Å². The molecule has 0 atom stereocenters. The molecule has 13 heavy (non-hydrogen) atoms. The zero-order chi connectivity index (χ0) is 9.68. The molecule has 72 valence electrons. The fraction of sp³-hybridized carbons (Fsp3) is 0.455. The minimum absolute atomic E-state index is 0.599. The largest absolute Gasteiger partial charge is 0.493 e. The SMILES string of the molecule is CCOc1ccccc1SC(C)C. The Labute approximate surface area is 84.5 Å². The third kappa shape index (κ3) is 3.31. The van der Waals surface area contributed by atoms with Gasteiger partial charge in [0.25, 0.3) is 0 Å². The lowest BCUT2D eigenvalue weighted by molar-refractivity contribution is 0.332. The summed E-state index contributed by atoms with van der Waals surface area (Å²) >= 11 is 1.84. The van der Waals surface area contributed by atoms with E-state index < -0.39 is 0 Å². The number of hydrogen-bond donors (Lipinski definition) is 0. The van der Waals surface area contributed by atoms with Gasteiger partial charge in [-0.1, -0.05) is 26.0 Å². The van der Waals surface area contributed by atoms with Gasteiger partial charge in [0.1, 0.15) is 5.75 Å². The van der Waals surface area contributed by atoms with Crippen LogP contribution in [0.15, 0.2) is 29.2 Å². The van der Waals surface area contributed by atoms with Crippen molar-refractivity contribution in [1.82, 2.24) is 0 Å². The predicted octanol–water partition coefficient (Wildman–Crippen LogP) is 3.59. The fourth-order valence-electron chi connectivity index (χ4n) is 1.08. The second kappa shape index (κ2) is 5.18. The maximum atomic E-state index is 5.52. The van der Waals surface area contributed by atoms with E-state index in [-0.39, 0.29) is 0 Å². The number of ether oxygens (including phenoxy) is 1. The van der Waals surface area contributed by atoms with Crippen LogP contribution in [0.3, 0.4) is 0 Å². The van der Waals surface area contributed by atoms with E-state index in [1.807, 2.05) is 36.9 Å². The van der Waals surface area contributed by atoms with Gasteiger partial charge >= 0.3 is 0 Å². The van der Waals surface area contributed by atoms with Gasteiger partial charge in [0.2, 0.25) is 0 Å². The van der Waals surface area contributed by atoms with Gasteiger partial charge in [0.15, 0.2) is 0 Å². The van der Waals surface area contributed by atoms with Crippen LogP contribution in [0.2, 0.25) is 0 Å². The van der Waals surface area contributed by atoms with E-state index in [2.05, 4.69) is 19.9 Å². The first-order valence-electron chi connectivity index (χ1n) is 4.62. The summed E-state index contributed by atoms with van der Waals surface area (Å²) < 4.78 is 5.52. The molecule has 0 unspecified atom stereocenters. The number of para-hydroxylation sites is 1. The highest BCUT2D eigenvalue weighted by Gasteiger charge is 2.04. The van der Waals surface area contributed by atoms with Gasteiger partial charge in [-0.15, -0.1) is 11.8 Å². The zero-order valence-electron chi connectivity index (χ0n) is 8.41. The van der Waals surface area contributed by atoms with Crippen molar-refractivity contribution >= 4 is 11.8 Å². The van der Waals surface area contributed by atoms with Gasteiger partial charge in [-0.05, 0) is 19.1 Å². The summed E-state index contributed by atoms with van der Waals surface area (Å²) in [5.41, 5.74) is 0. The quantitative estimate of drug-likeness (QED) is 0.681. The molecule has 0 aliphatic rings. The van der Waals surface area contributed by atoms with Crippen molar-refractivity contribution in [1.29, 1.82) is 0 Å². The van der Waals surface area contributed by atoms with Crippen molar-refractivity contribution in [3.8, 4) is 5.75 Å². The highest BCUT2D eigenvalue weighted by Crippen LogP contribution is 2.31. The molecule has 0 spiro atoms. The van der Waals surface area contributed by atoms with Gasteiger partial charge in [0, 0.05) is 10.1 Å². The van der Waals surface area contributed by atoms with Gasteiger partial charge < -0.3 is 4.74 Å². The van der Waals surface area contributed by atoms with E-state index in [0.717, 1.165) is 12.4 Å². The lowest BCUT2D eigenvalue weighted by atomic mass is 10.3. The lowest BCUT2D eigenvalue weighted by Crippen LogP contribution is -1.94. The summed E-state index contributed by atoms with van der Waals surface area (Å²) in [5, 5.41) is 0.599. The molecule has 0 N–H and O–H groups in total. The average molecular weight is 196 g/mol. The molecule has 0 aromatic heterocycles. The number of rotatable bonds is 4. The normalized spacial score (nSPS) is 10.5. The molecular weight excluding hydrogens is 180 g/mol. The molecule has 0 fully saturated rings. The molecule has 0 aliphatic carbocycles. The maximum Gasteiger partial charge on any atom is 0.132 e. The van der Waals surface area contributed by atoms with E-state index in [4.69, 9.17) is 4.74 Å². The molecule has 1 aromatic carbocycles. The van der Waals surface area contributed by atoms with Crippen LogP contribution < -0.4 is 4.74 Å². The van der Waals surface area contributed by atoms with Gasteiger partial charge in [0.05, 0.1) is 6.61 Å². The van der Waals surface area contributed by atoms with Crippen molar-refractivity contribution in [3.63, 3.8) is 0 Å². The highest BCUT2D eigenvalue weighted by molar-refractivity contribution is 8.00. The highest BCUT2D eigenvalue weighted by atomic mass is 32.2. The minimum atomic E-state index is 0.599. The molecule has 1 nitrogen and oxygen atoms in total. The van der Waals surface area contributed by atoms with Gasteiger partial charge in [-0.25, -0.2) is 0 Å². The fourth-order valence-corrected chi connectivity index (χ4v) is 1.98. The molecule has 0 amide bonds. The second-order valence-corrected chi connectivity index (χ2v) is 4.66. The molecule has 0 heterocycles. The van der Waals surface area contributed by atoms with Gasteiger partial charge in [-0.2, -0.15) is 0 Å². The minimum Gasteiger partial charge on any atom is -0.493 e. The maximum absolute atomic E-state index is 5.52. The second-order valence-electron chi connectivity index (χ2n) is 3.05. The Bertz CT molecular complexity index is 258. The van der Waals surface area contributed by atoms with Crippen LogP contribution in [0.4, 0.5) is 0 Å². The van der Waals surface area contributed by atoms with E-state index in [0.29, 0.717) is 5.25 Å². The van der Waals surface area contributed by atoms with Crippen LogP contribution in [0.25, 0.3) is 0 Å². The first-order valence-corrected chi connectivity index (χ1v) is 5.50. The Balaban J connectivity index is 2.78. The first kappa shape index (κ1) is 10.5. The summed E-state index contributed by atoms with van der Waals surface area (Å²) in [7, 11) is 0. The van der Waals surface area contributed by atoms with Crippen LogP contribution in [0, 0.1) is 0 Å². The summed E-state index contributed by atoms with van der Waals surface area (Å²) in [6, 6.07) is 8.19. The van der Waals surface area contributed by atoms with Crippen molar-refractivity contribution in [2.24, 2.45) is 0 Å². The van der Waals surface area contributed by atoms with Crippen molar-refractivity contribution < 1.29 is 4.74 Å². The Morgan fingerprint density at radius 3 is 2.62 bits per heavy atom. The molecule has 1 aromatic rings. The monoisotopic (exact) mass is 196 g/mol. The molecule has 1 rings (SSSR count). The van der Waals surface area contributed by atoms with Crippen LogP contribution >= 0.6 is 11.8 Å². The Hall–Kier alpha value is -0.630. The van der Waals surface area contributed by atoms with Crippen molar-refractivity contribution in [2.45, 2.75) is 30.9 Å². The van der Waals surface area contributed by atoms with Crippen LogP contribution in [0.5, 0.6) is 5.75 Å². The first-order chi connectivity index (χ1) is 6.24. The Kier molecular flexibility index (Phi) is 4.16. The van der Waals surface area contributed by atoms with E-state index in [1.54, 1.807) is 0 Å². The van der Waals surface area contributed by atoms with Crippen LogP contribution in [-0.2, 0) is 0 Å². The van der Waals surface area contributed by atoms with Crippen molar-refractivity contribution in [2.75, 3.05) is 6.61 Å². The summed E-state index contributed by atoms with van der Waals surface area (Å²) in [6.45, 7) is 7.12. The smallest absolute Gasteiger partial charge is 0.132 e. The third-order valence-corrected chi connectivity index (χ3v) is 2.57. The molecular formula is C11H16OS. The summed E-state index contributed by atoms with van der Waals surface area (Å²) in [6.07, 6.45) is 0. The molecule has 0 saturated heterocycles. The van der Waals surface area contributed by atoms with E-state index >= 15 is 0 Å². The molecule has 0 saturated carbocycles. The predicted molar refractivity (Wildman–Crippen MR) is 58.6 cm³/mol. The number of hydrogen-bond acceptors (Lipinski definition) is 2. The Morgan fingerprint density at radius 1 is 1.31 bits per heavy atom. The standard InChI is InChI=1S/C11H16OS/c1-4-12-10-7-5-6-8-11(10)13-9(2)3/h5-9H,4H2,1-3H3. The van der Waals surface area contributed by atoms with E-state index in [1.165, 1.54) is 4.90 Å². The van der Waals surface area contributed by atoms with Crippen molar-refractivity contribution in [3.05, 3.63) is 24.3 Å². The summed E-state index contributed by atoms with van der Waals surface area (Å²) in [4.78, 5) is 1.24. The van der Waals surface area contributed by atoms with Gasteiger partial charge in [-0.3, -0.25) is 0 Å². The summed E-state index contributed by atoms with van der Waals surface area (Å²) in [5.74, 6) is 1.00. The van der Waals surface area contributed by atoms with E-state index in [9.17, 15) is 0 Å². The third-order valence-electron chi connectivity index (χ3n) is 1.51. The average Bonchev–Trinajstić information content (AvgIpc) is 2.08. The molecule has 0 radical (unpaired) electrons. The molecule has 2 heteroatoms. The Morgan fingerprint density at radius 2 is 2.00 bits per heavy atom. The number of benzene rings is 1. The molecule has 0 aliphatic heterocycles. The topological polar surface area (TPSA) is 9.23 Å². The number of thioether (sulfide) groups is 1. The lowest BCUT2D eigenvalue weighted by Gasteiger charge is -2.10. The molecule has 0 bridgehead atoms. The van der Waals surface area contributed by atoms with Crippen LogP contribution in [-0.4, -0.2) is 11.9 Å². The zero-order valence-corrected chi connectivity index (χ0v) is 9.23.